The number of carboxylic acids is 1. The van der Waals surface area contributed by atoms with Crippen LogP contribution in [0, 0.1) is 5.92 Å². The number of aromatic nitrogens is 1. The molecular formula is C19H26N4O5. The number of carboxylic acid groups (broad SMARTS) is 1. The second-order valence-electron chi connectivity index (χ2n) is 6.98. The third-order valence-corrected chi connectivity index (χ3v) is 4.55. The predicted octanol–water partition coefficient (Wildman–Crippen LogP) is -0.260. The molecule has 9 heteroatoms. The van der Waals surface area contributed by atoms with E-state index < -0.39 is 42.5 Å². The van der Waals surface area contributed by atoms with E-state index in [4.69, 9.17) is 5.73 Å². The van der Waals surface area contributed by atoms with E-state index in [1.165, 1.54) is 0 Å². The highest BCUT2D eigenvalue weighted by Gasteiger charge is 2.28. The van der Waals surface area contributed by atoms with Gasteiger partial charge in [-0.25, -0.2) is 4.79 Å². The Morgan fingerprint density at radius 2 is 1.75 bits per heavy atom. The van der Waals surface area contributed by atoms with Gasteiger partial charge in [0.05, 0.1) is 12.6 Å². The molecule has 0 bridgehead atoms. The van der Waals surface area contributed by atoms with Crippen LogP contribution in [0.3, 0.4) is 0 Å². The summed E-state index contributed by atoms with van der Waals surface area (Å²) in [7, 11) is 0. The topological polar surface area (TPSA) is 158 Å². The van der Waals surface area contributed by atoms with Gasteiger partial charge in [-0.1, -0.05) is 32.0 Å². The highest BCUT2D eigenvalue weighted by molar-refractivity contribution is 5.92. The lowest BCUT2D eigenvalue weighted by molar-refractivity contribution is -0.142. The first-order valence-corrected chi connectivity index (χ1v) is 8.99. The van der Waals surface area contributed by atoms with E-state index in [1.807, 2.05) is 24.3 Å². The van der Waals surface area contributed by atoms with Gasteiger partial charge in [0.25, 0.3) is 0 Å². The number of H-pyrrole nitrogens is 1. The Hall–Kier alpha value is -2.91. The number of aliphatic hydroxyl groups excluding tert-OH is 1. The Bertz CT molecular complexity index is 848. The predicted molar refractivity (Wildman–Crippen MR) is 103 cm³/mol. The maximum Gasteiger partial charge on any atom is 0.326 e. The third-order valence-electron chi connectivity index (χ3n) is 4.55. The zero-order chi connectivity index (χ0) is 20.8. The molecule has 0 saturated heterocycles. The van der Waals surface area contributed by atoms with Crippen LogP contribution >= 0.6 is 0 Å². The Morgan fingerprint density at radius 1 is 1.11 bits per heavy atom. The number of nitrogens with two attached hydrogens (primary N) is 1. The molecule has 0 fully saturated rings. The number of aromatic amines is 1. The van der Waals surface area contributed by atoms with E-state index in [2.05, 4.69) is 15.6 Å². The van der Waals surface area contributed by atoms with Crippen LogP contribution in [0.2, 0.25) is 0 Å². The molecule has 2 aromatic rings. The van der Waals surface area contributed by atoms with Crippen molar-refractivity contribution in [2.75, 3.05) is 6.61 Å². The number of carbonyl (C=O) groups is 3. The van der Waals surface area contributed by atoms with Gasteiger partial charge in [0.2, 0.25) is 11.8 Å². The molecule has 0 aliphatic carbocycles. The van der Waals surface area contributed by atoms with Gasteiger partial charge in [-0.05, 0) is 17.5 Å². The highest BCUT2D eigenvalue weighted by atomic mass is 16.4. The smallest absolute Gasteiger partial charge is 0.326 e. The quantitative estimate of drug-likeness (QED) is 0.346. The lowest BCUT2D eigenvalue weighted by Crippen LogP contribution is -2.56. The maximum atomic E-state index is 12.4. The Labute approximate surface area is 162 Å². The van der Waals surface area contributed by atoms with E-state index in [1.54, 1.807) is 20.0 Å². The summed E-state index contributed by atoms with van der Waals surface area (Å²) in [6.07, 6.45) is 1.74. The SMILES string of the molecule is CC(C)C(N)C(=O)NC(CO)C(=O)NC(Cc1c[nH]c2ccccc12)C(=O)O. The van der Waals surface area contributed by atoms with Crippen LogP contribution in [0.5, 0.6) is 0 Å². The van der Waals surface area contributed by atoms with Crippen molar-refractivity contribution < 1.29 is 24.6 Å². The maximum absolute atomic E-state index is 12.4. The number of aliphatic carboxylic acids is 1. The van der Waals surface area contributed by atoms with Gasteiger partial charge >= 0.3 is 5.97 Å². The molecule has 7 N–H and O–H groups in total. The molecule has 2 rings (SSSR count). The number of benzene rings is 1. The van der Waals surface area contributed by atoms with Crippen molar-refractivity contribution in [3.8, 4) is 0 Å². The molecule has 0 aliphatic heterocycles. The number of hydrogen-bond donors (Lipinski definition) is 6. The van der Waals surface area contributed by atoms with E-state index in [0.717, 1.165) is 16.5 Å². The minimum atomic E-state index is -1.29. The van der Waals surface area contributed by atoms with Crippen molar-refractivity contribution >= 4 is 28.7 Å². The fourth-order valence-corrected chi connectivity index (χ4v) is 2.76. The number of nitrogens with one attached hydrogen (secondary N) is 3. The first-order chi connectivity index (χ1) is 13.2. The van der Waals surface area contributed by atoms with Crippen molar-refractivity contribution in [3.05, 3.63) is 36.0 Å². The molecule has 1 aromatic carbocycles. The summed E-state index contributed by atoms with van der Waals surface area (Å²) in [5, 5.41) is 24.5. The monoisotopic (exact) mass is 390 g/mol. The number of amides is 2. The minimum Gasteiger partial charge on any atom is -0.480 e. The van der Waals surface area contributed by atoms with Crippen LogP contribution in [0.4, 0.5) is 0 Å². The molecular weight excluding hydrogens is 364 g/mol. The van der Waals surface area contributed by atoms with Crippen molar-refractivity contribution in [2.45, 2.75) is 38.4 Å². The number of fused-ring (bicyclic) bond motifs is 1. The average molecular weight is 390 g/mol. The molecule has 9 nitrogen and oxygen atoms in total. The highest BCUT2D eigenvalue weighted by Crippen LogP contribution is 2.19. The first kappa shape index (κ1) is 21.4. The summed E-state index contributed by atoms with van der Waals surface area (Å²) >= 11 is 0. The molecule has 3 unspecified atom stereocenters. The summed E-state index contributed by atoms with van der Waals surface area (Å²) in [6.45, 7) is 2.82. The zero-order valence-corrected chi connectivity index (χ0v) is 15.8. The van der Waals surface area contributed by atoms with Crippen LogP contribution in [-0.4, -0.2) is 57.7 Å². The normalized spacial score (nSPS) is 14.5. The molecule has 2 amide bonds. The lowest BCUT2D eigenvalue weighted by Gasteiger charge is -2.22. The molecule has 0 radical (unpaired) electrons. The molecule has 0 spiro atoms. The molecule has 3 atom stereocenters. The van der Waals surface area contributed by atoms with Crippen LogP contribution < -0.4 is 16.4 Å². The van der Waals surface area contributed by atoms with Gasteiger partial charge in [-0.15, -0.1) is 0 Å². The van der Waals surface area contributed by atoms with Gasteiger partial charge in [-0.3, -0.25) is 9.59 Å². The van der Waals surface area contributed by atoms with Gasteiger partial charge in [0.1, 0.15) is 12.1 Å². The third kappa shape index (κ3) is 5.08. The summed E-state index contributed by atoms with van der Waals surface area (Å²) in [5.74, 6) is -2.76. The van der Waals surface area contributed by atoms with Crippen LogP contribution in [0.25, 0.3) is 10.9 Å². The fourth-order valence-electron chi connectivity index (χ4n) is 2.76. The average Bonchev–Trinajstić information content (AvgIpc) is 3.07. The molecule has 1 aromatic heterocycles. The van der Waals surface area contributed by atoms with Crippen LogP contribution in [-0.2, 0) is 20.8 Å². The van der Waals surface area contributed by atoms with Gasteiger partial charge < -0.3 is 31.6 Å². The molecule has 152 valence electrons. The molecule has 1 heterocycles. The van der Waals surface area contributed by atoms with Crippen molar-refractivity contribution in [1.82, 2.24) is 15.6 Å². The summed E-state index contributed by atoms with van der Waals surface area (Å²) < 4.78 is 0. The minimum absolute atomic E-state index is 0.0443. The van der Waals surface area contributed by atoms with E-state index in [0.29, 0.717) is 0 Å². The van der Waals surface area contributed by atoms with E-state index in [9.17, 15) is 24.6 Å². The summed E-state index contributed by atoms with van der Waals surface area (Å²) in [5.41, 5.74) is 7.32. The fraction of sp³-hybridized carbons (Fsp3) is 0.421. The van der Waals surface area contributed by atoms with Crippen LogP contribution in [0.1, 0.15) is 19.4 Å². The number of hydrogen-bond acceptors (Lipinski definition) is 5. The second-order valence-corrected chi connectivity index (χ2v) is 6.98. The second kappa shape index (κ2) is 9.34. The Kier molecular flexibility index (Phi) is 7.13. The number of rotatable bonds is 9. The standard InChI is InChI=1S/C19H26N4O5/c1-10(2)16(20)18(26)23-15(9-24)17(25)22-14(19(27)28)7-11-8-21-13-6-4-3-5-12(11)13/h3-6,8,10,14-16,21,24H,7,9,20H2,1-2H3,(H,22,25)(H,23,26)(H,27,28). The van der Waals surface area contributed by atoms with Gasteiger partial charge in [-0.2, -0.15) is 0 Å². The van der Waals surface area contributed by atoms with E-state index in [-0.39, 0.29) is 12.3 Å². The number of para-hydroxylation sites is 1. The van der Waals surface area contributed by atoms with Gasteiger partial charge in [0, 0.05) is 23.5 Å². The number of carbonyl (C=O) groups excluding carboxylic acids is 2. The number of aliphatic hydroxyl groups is 1. The van der Waals surface area contributed by atoms with Crippen molar-refractivity contribution in [3.63, 3.8) is 0 Å². The molecule has 0 aliphatic rings. The van der Waals surface area contributed by atoms with Crippen molar-refractivity contribution in [1.29, 1.82) is 0 Å². The molecule has 28 heavy (non-hydrogen) atoms. The van der Waals surface area contributed by atoms with Gasteiger partial charge in [0.15, 0.2) is 0 Å². The summed E-state index contributed by atoms with van der Waals surface area (Å²) in [4.78, 5) is 39.1. The van der Waals surface area contributed by atoms with Crippen LogP contribution in [0.15, 0.2) is 30.5 Å². The Morgan fingerprint density at radius 3 is 2.36 bits per heavy atom. The summed E-state index contributed by atoms with van der Waals surface area (Å²) in [6, 6.07) is 4.05. The first-order valence-electron chi connectivity index (χ1n) is 8.99. The Balaban J connectivity index is 2.08. The van der Waals surface area contributed by atoms with Crippen molar-refractivity contribution in [2.24, 2.45) is 11.7 Å². The lowest BCUT2D eigenvalue weighted by atomic mass is 10.0. The van der Waals surface area contributed by atoms with E-state index >= 15 is 0 Å². The zero-order valence-electron chi connectivity index (χ0n) is 15.8. The largest absolute Gasteiger partial charge is 0.480 e. The molecule has 0 saturated carbocycles.